The average molecular weight is 330 g/mol. The number of hydrogen-bond donors (Lipinski definition) is 3. The van der Waals surface area contributed by atoms with Crippen molar-refractivity contribution >= 4 is 10.9 Å². The normalized spacial score (nSPS) is 19.0. The molecule has 2 aromatic rings. The number of H-pyrrole nitrogens is 1. The summed E-state index contributed by atoms with van der Waals surface area (Å²) in [7, 11) is 0. The van der Waals surface area contributed by atoms with E-state index in [1.807, 2.05) is 0 Å². The lowest BCUT2D eigenvalue weighted by Crippen LogP contribution is -2.40. The first-order valence-corrected chi connectivity index (χ1v) is 9.12. The molecule has 0 saturated heterocycles. The van der Waals surface area contributed by atoms with E-state index in [1.54, 1.807) is 0 Å². The number of benzene rings is 1. The Hall–Kier alpha value is -1.36. The summed E-state index contributed by atoms with van der Waals surface area (Å²) in [5, 5.41) is 14.9. The second-order valence-corrected chi connectivity index (χ2v) is 7.56. The molecule has 0 aliphatic heterocycles. The van der Waals surface area contributed by atoms with Crippen molar-refractivity contribution in [3.8, 4) is 0 Å². The summed E-state index contributed by atoms with van der Waals surface area (Å²) < 4.78 is 5.52. The lowest BCUT2D eigenvalue weighted by Gasteiger charge is -2.25. The van der Waals surface area contributed by atoms with E-state index in [1.165, 1.54) is 27.7 Å². The zero-order valence-corrected chi connectivity index (χ0v) is 15.1. The first-order valence-electron chi connectivity index (χ1n) is 9.12. The summed E-state index contributed by atoms with van der Waals surface area (Å²) in [5.41, 5.74) is 5.38. The lowest BCUT2D eigenvalue weighted by molar-refractivity contribution is 0.0248. The summed E-state index contributed by atoms with van der Waals surface area (Å²) in [6.45, 7) is 8.10. The number of aromatic nitrogens is 1. The third-order valence-corrected chi connectivity index (χ3v) is 4.75. The average Bonchev–Trinajstić information content (AvgIpc) is 2.90. The van der Waals surface area contributed by atoms with Crippen LogP contribution >= 0.6 is 0 Å². The van der Waals surface area contributed by atoms with Crippen LogP contribution in [0, 0.1) is 12.8 Å². The Morgan fingerprint density at radius 1 is 1.33 bits per heavy atom. The van der Waals surface area contributed by atoms with Gasteiger partial charge in [0.25, 0.3) is 0 Å². The van der Waals surface area contributed by atoms with Gasteiger partial charge in [-0.3, -0.25) is 0 Å². The molecule has 1 aromatic carbocycles. The molecule has 0 radical (unpaired) electrons. The molecule has 0 fully saturated rings. The molecular formula is C20H30N2O2. The molecule has 1 aliphatic carbocycles. The molecule has 1 heterocycles. The molecule has 0 bridgehead atoms. The van der Waals surface area contributed by atoms with Crippen molar-refractivity contribution in [2.45, 2.75) is 52.2 Å². The molecule has 0 amide bonds. The van der Waals surface area contributed by atoms with Crippen LogP contribution in [-0.4, -0.2) is 42.0 Å². The van der Waals surface area contributed by atoms with E-state index >= 15 is 0 Å². The zero-order valence-electron chi connectivity index (χ0n) is 15.1. The Bertz CT molecular complexity index is 678. The Balaban J connectivity index is 1.55. The maximum Gasteiger partial charge on any atom is 0.0897 e. The third-order valence-electron chi connectivity index (χ3n) is 4.75. The number of aliphatic hydroxyl groups is 1. The number of nitrogens with one attached hydrogen (secondary N) is 2. The molecule has 24 heavy (non-hydrogen) atoms. The van der Waals surface area contributed by atoms with E-state index in [0.29, 0.717) is 31.7 Å². The molecule has 0 saturated carbocycles. The van der Waals surface area contributed by atoms with Gasteiger partial charge in [-0.1, -0.05) is 25.5 Å². The SMILES string of the molecule is Cc1ccc2[nH]c3c(c2c1)CC(NCC(O)COCC(C)C)CC3. The van der Waals surface area contributed by atoms with E-state index in [0.717, 1.165) is 19.3 Å². The van der Waals surface area contributed by atoms with Gasteiger partial charge in [-0.15, -0.1) is 0 Å². The van der Waals surface area contributed by atoms with Gasteiger partial charge >= 0.3 is 0 Å². The van der Waals surface area contributed by atoms with Gasteiger partial charge in [-0.05, 0) is 49.8 Å². The number of hydrogen-bond acceptors (Lipinski definition) is 3. The second-order valence-electron chi connectivity index (χ2n) is 7.56. The maximum atomic E-state index is 10.1. The lowest BCUT2D eigenvalue weighted by atomic mass is 9.91. The molecule has 0 spiro atoms. The van der Waals surface area contributed by atoms with Gasteiger partial charge in [-0.2, -0.15) is 0 Å². The van der Waals surface area contributed by atoms with Gasteiger partial charge in [0.05, 0.1) is 12.7 Å². The van der Waals surface area contributed by atoms with Crippen molar-refractivity contribution in [2.24, 2.45) is 5.92 Å². The highest BCUT2D eigenvalue weighted by Crippen LogP contribution is 2.29. The van der Waals surface area contributed by atoms with Crippen LogP contribution in [0.5, 0.6) is 0 Å². The standard InChI is InChI=1S/C20H30N2O2/c1-13(2)11-24-12-16(23)10-21-15-5-7-20-18(9-15)17-8-14(3)4-6-19(17)22-20/h4,6,8,13,15-16,21-23H,5,7,9-12H2,1-3H3. The van der Waals surface area contributed by atoms with Crippen LogP contribution in [0.2, 0.25) is 0 Å². The highest BCUT2D eigenvalue weighted by molar-refractivity contribution is 5.85. The van der Waals surface area contributed by atoms with Crippen molar-refractivity contribution in [2.75, 3.05) is 19.8 Å². The van der Waals surface area contributed by atoms with Crippen LogP contribution in [0.15, 0.2) is 18.2 Å². The number of aryl methyl sites for hydroxylation is 2. The van der Waals surface area contributed by atoms with Crippen molar-refractivity contribution in [3.05, 3.63) is 35.0 Å². The summed E-state index contributed by atoms with van der Waals surface area (Å²) in [6.07, 6.45) is 2.77. The molecule has 3 N–H and O–H groups in total. The Morgan fingerprint density at radius 3 is 2.96 bits per heavy atom. The van der Waals surface area contributed by atoms with E-state index in [2.05, 4.69) is 49.3 Å². The molecular weight excluding hydrogens is 300 g/mol. The maximum absolute atomic E-state index is 10.1. The number of aliphatic hydroxyl groups excluding tert-OH is 1. The molecule has 3 rings (SSSR count). The highest BCUT2D eigenvalue weighted by Gasteiger charge is 2.22. The van der Waals surface area contributed by atoms with Crippen LogP contribution < -0.4 is 5.32 Å². The van der Waals surface area contributed by atoms with E-state index in [4.69, 9.17) is 4.74 Å². The fourth-order valence-corrected chi connectivity index (χ4v) is 3.51. The minimum Gasteiger partial charge on any atom is -0.389 e. The number of rotatable bonds is 7. The monoisotopic (exact) mass is 330 g/mol. The second kappa shape index (κ2) is 7.68. The van der Waals surface area contributed by atoms with Crippen molar-refractivity contribution in [1.82, 2.24) is 10.3 Å². The fraction of sp³-hybridized carbons (Fsp3) is 0.600. The van der Waals surface area contributed by atoms with Crippen LogP contribution in [0.4, 0.5) is 0 Å². The van der Waals surface area contributed by atoms with E-state index in [9.17, 15) is 5.11 Å². The topological polar surface area (TPSA) is 57.3 Å². The summed E-state index contributed by atoms with van der Waals surface area (Å²) in [5.74, 6) is 0.507. The quantitative estimate of drug-likeness (QED) is 0.731. The Morgan fingerprint density at radius 2 is 2.17 bits per heavy atom. The van der Waals surface area contributed by atoms with Crippen molar-refractivity contribution in [3.63, 3.8) is 0 Å². The summed E-state index contributed by atoms with van der Waals surface area (Å²) in [6, 6.07) is 7.05. The Kier molecular flexibility index (Phi) is 5.59. The third kappa shape index (κ3) is 4.18. The van der Waals surface area contributed by atoms with Crippen molar-refractivity contribution < 1.29 is 9.84 Å². The number of ether oxygens (including phenoxy) is 1. The summed E-state index contributed by atoms with van der Waals surface area (Å²) in [4.78, 5) is 3.57. The van der Waals surface area contributed by atoms with Crippen molar-refractivity contribution in [1.29, 1.82) is 0 Å². The highest BCUT2D eigenvalue weighted by atomic mass is 16.5. The minimum atomic E-state index is -0.435. The summed E-state index contributed by atoms with van der Waals surface area (Å²) >= 11 is 0. The Labute approximate surface area is 144 Å². The molecule has 132 valence electrons. The van der Waals surface area contributed by atoms with Gasteiger partial charge < -0.3 is 20.1 Å². The van der Waals surface area contributed by atoms with Gasteiger partial charge in [0.1, 0.15) is 0 Å². The molecule has 1 aliphatic rings. The molecule has 2 unspecified atom stereocenters. The number of aromatic amines is 1. The van der Waals surface area contributed by atoms with Gasteiger partial charge in [0.2, 0.25) is 0 Å². The van der Waals surface area contributed by atoms with E-state index in [-0.39, 0.29) is 0 Å². The predicted molar refractivity (Wildman–Crippen MR) is 98.5 cm³/mol. The minimum absolute atomic E-state index is 0.412. The zero-order chi connectivity index (χ0) is 17.1. The molecule has 4 heteroatoms. The molecule has 1 aromatic heterocycles. The largest absolute Gasteiger partial charge is 0.389 e. The van der Waals surface area contributed by atoms with Gasteiger partial charge in [0.15, 0.2) is 0 Å². The smallest absolute Gasteiger partial charge is 0.0897 e. The van der Waals surface area contributed by atoms with Crippen LogP contribution in [0.3, 0.4) is 0 Å². The molecule has 2 atom stereocenters. The molecule has 4 nitrogen and oxygen atoms in total. The predicted octanol–water partition coefficient (Wildman–Crippen LogP) is 2.96. The first kappa shape index (κ1) is 17.5. The van der Waals surface area contributed by atoms with Gasteiger partial charge in [-0.25, -0.2) is 0 Å². The fourth-order valence-electron chi connectivity index (χ4n) is 3.51. The van der Waals surface area contributed by atoms with Crippen LogP contribution in [0.25, 0.3) is 10.9 Å². The van der Waals surface area contributed by atoms with Crippen LogP contribution in [-0.2, 0) is 17.6 Å². The first-order chi connectivity index (χ1) is 11.5. The van der Waals surface area contributed by atoms with Gasteiger partial charge in [0, 0.05) is 35.8 Å². The number of fused-ring (bicyclic) bond motifs is 3. The van der Waals surface area contributed by atoms with E-state index < -0.39 is 6.10 Å². The van der Waals surface area contributed by atoms with Crippen LogP contribution in [0.1, 0.15) is 37.1 Å².